The minimum Gasteiger partial charge on any atom is -0.351 e. The van der Waals surface area contributed by atoms with Crippen molar-refractivity contribution in [3.05, 3.63) is 75.2 Å². The van der Waals surface area contributed by atoms with Gasteiger partial charge in [-0.1, -0.05) is 48.8 Å². The summed E-state index contributed by atoms with van der Waals surface area (Å²) in [7, 11) is 0. The number of rotatable bonds is 8. The molecule has 0 unspecified atom stereocenters. The summed E-state index contributed by atoms with van der Waals surface area (Å²) in [4.78, 5) is 16.9. The molecular weight excluding hydrogens is 451 g/mol. The summed E-state index contributed by atoms with van der Waals surface area (Å²) in [6, 6.07) is 9.57. The fourth-order valence-corrected chi connectivity index (χ4v) is 5.56. The zero-order valence-corrected chi connectivity index (χ0v) is 20.1. The summed E-state index contributed by atoms with van der Waals surface area (Å²) in [6.07, 6.45) is 3.59. The molecule has 0 aliphatic heterocycles. The van der Waals surface area contributed by atoms with Gasteiger partial charge >= 0.3 is 0 Å². The first-order valence-electron chi connectivity index (χ1n) is 10.0. The molecule has 1 aromatic carbocycles. The van der Waals surface area contributed by atoms with Crippen LogP contribution < -0.4 is 11.1 Å². The highest BCUT2D eigenvalue weighted by molar-refractivity contribution is 7.99. The lowest BCUT2D eigenvalue weighted by atomic mass is 10.0. The van der Waals surface area contributed by atoms with E-state index in [1.807, 2.05) is 24.3 Å². The molecule has 2 aromatic heterocycles. The SMILES string of the molecule is Cc1c(CNC(=O)CN)c(C(C)C)c(Sc2cc(Cl)cc(Cl)c2)n1Cc1ccncc1. The highest BCUT2D eigenvalue weighted by Crippen LogP contribution is 2.41. The van der Waals surface area contributed by atoms with Crippen molar-refractivity contribution >= 4 is 40.9 Å². The van der Waals surface area contributed by atoms with Gasteiger partial charge in [0.15, 0.2) is 0 Å². The summed E-state index contributed by atoms with van der Waals surface area (Å²) >= 11 is 14.1. The van der Waals surface area contributed by atoms with Gasteiger partial charge in [0.05, 0.1) is 11.6 Å². The highest BCUT2D eigenvalue weighted by atomic mass is 35.5. The van der Waals surface area contributed by atoms with E-state index in [-0.39, 0.29) is 18.4 Å². The zero-order chi connectivity index (χ0) is 22.5. The fraction of sp³-hybridized carbons (Fsp3) is 0.304. The molecule has 0 radical (unpaired) electrons. The predicted octanol–water partition coefficient (Wildman–Crippen LogP) is 5.40. The van der Waals surface area contributed by atoms with E-state index in [2.05, 4.69) is 35.6 Å². The van der Waals surface area contributed by atoms with Crippen LogP contribution in [-0.4, -0.2) is 22.0 Å². The Morgan fingerprint density at radius 3 is 2.42 bits per heavy atom. The van der Waals surface area contributed by atoms with Crippen LogP contribution in [0.15, 0.2) is 52.6 Å². The number of aromatic nitrogens is 2. The second-order valence-corrected chi connectivity index (χ2v) is 9.50. The largest absolute Gasteiger partial charge is 0.351 e. The Bertz CT molecular complexity index is 1050. The van der Waals surface area contributed by atoms with Crippen molar-refractivity contribution in [3.63, 3.8) is 0 Å². The van der Waals surface area contributed by atoms with E-state index in [1.165, 1.54) is 5.56 Å². The van der Waals surface area contributed by atoms with E-state index in [0.717, 1.165) is 26.7 Å². The van der Waals surface area contributed by atoms with Gasteiger partial charge in [-0.25, -0.2) is 0 Å². The Labute approximate surface area is 197 Å². The van der Waals surface area contributed by atoms with Crippen LogP contribution in [-0.2, 0) is 17.9 Å². The number of carbonyl (C=O) groups is 1. The van der Waals surface area contributed by atoms with E-state index >= 15 is 0 Å². The van der Waals surface area contributed by atoms with Crippen molar-refractivity contribution in [1.29, 1.82) is 0 Å². The number of pyridine rings is 1. The molecule has 8 heteroatoms. The number of benzene rings is 1. The van der Waals surface area contributed by atoms with E-state index < -0.39 is 0 Å². The first kappa shape index (κ1) is 23.7. The van der Waals surface area contributed by atoms with Crippen molar-refractivity contribution in [2.45, 2.75) is 49.7 Å². The lowest BCUT2D eigenvalue weighted by Crippen LogP contribution is -2.30. The second kappa shape index (κ2) is 10.6. The smallest absolute Gasteiger partial charge is 0.234 e. The monoisotopic (exact) mass is 476 g/mol. The van der Waals surface area contributed by atoms with Crippen LogP contribution in [0.3, 0.4) is 0 Å². The van der Waals surface area contributed by atoms with Crippen molar-refractivity contribution in [3.8, 4) is 0 Å². The Hall–Kier alpha value is -1.99. The Morgan fingerprint density at radius 2 is 1.84 bits per heavy atom. The minimum absolute atomic E-state index is 0.0313. The molecular formula is C23H26Cl2N4OS. The highest BCUT2D eigenvalue weighted by Gasteiger charge is 2.24. The van der Waals surface area contributed by atoms with Gasteiger partial charge in [0, 0.05) is 46.1 Å². The molecule has 3 rings (SSSR count). The maximum absolute atomic E-state index is 11.8. The van der Waals surface area contributed by atoms with Crippen LogP contribution in [0, 0.1) is 6.92 Å². The quantitative estimate of drug-likeness (QED) is 0.456. The van der Waals surface area contributed by atoms with Gasteiger partial charge in [-0.3, -0.25) is 9.78 Å². The third-order valence-electron chi connectivity index (χ3n) is 5.01. The van der Waals surface area contributed by atoms with Gasteiger partial charge in [0.25, 0.3) is 0 Å². The fourth-order valence-electron chi connectivity index (χ4n) is 3.53. The average molecular weight is 477 g/mol. The average Bonchev–Trinajstić information content (AvgIpc) is 2.97. The first-order chi connectivity index (χ1) is 14.8. The molecule has 0 saturated heterocycles. The van der Waals surface area contributed by atoms with E-state index in [1.54, 1.807) is 30.2 Å². The van der Waals surface area contributed by atoms with Crippen LogP contribution in [0.5, 0.6) is 0 Å². The number of nitrogens with zero attached hydrogens (tertiary/aromatic N) is 2. The van der Waals surface area contributed by atoms with Crippen LogP contribution in [0.2, 0.25) is 10.0 Å². The number of nitrogens with two attached hydrogens (primary N) is 1. The summed E-state index contributed by atoms with van der Waals surface area (Å²) in [5.41, 5.74) is 10.0. The second-order valence-electron chi connectivity index (χ2n) is 7.57. The molecule has 0 aliphatic carbocycles. The number of carbonyl (C=O) groups excluding carboxylic acids is 1. The van der Waals surface area contributed by atoms with Gasteiger partial charge in [-0.15, -0.1) is 0 Å². The van der Waals surface area contributed by atoms with Crippen molar-refractivity contribution < 1.29 is 4.79 Å². The van der Waals surface area contributed by atoms with Gasteiger partial charge in [0.2, 0.25) is 5.91 Å². The number of amides is 1. The summed E-state index contributed by atoms with van der Waals surface area (Å²) in [6.45, 7) is 7.50. The van der Waals surface area contributed by atoms with Crippen LogP contribution in [0.25, 0.3) is 0 Å². The van der Waals surface area contributed by atoms with Crippen LogP contribution >= 0.6 is 35.0 Å². The van der Waals surface area contributed by atoms with Gasteiger partial charge < -0.3 is 15.6 Å². The maximum Gasteiger partial charge on any atom is 0.234 e. The molecule has 0 spiro atoms. The van der Waals surface area contributed by atoms with Crippen molar-refractivity contribution in [2.75, 3.05) is 6.54 Å². The number of halogens is 2. The van der Waals surface area contributed by atoms with Crippen LogP contribution in [0.4, 0.5) is 0 Å². The van der Waals surface area contributed by atoms with Gasteiger partial charge in [-0.2, -0.15) is 0 Å². The Morgan fingerprint density at radius 1 is 1.19 bits per heavy atom. The predicted molar refractivity (Wildman–Crippen MR) is 128 cm³/mol. The Kier molecular flexibility index (Phi) is 8.06. The molecule has 5 nitrogen and oxygen atoms in total. The molecule has 0 atom stereocenters. The number of hydrogen-bond donors (Lipinski definition) is 2. The van der Waals surface area contributed by atoms with Gasteiger partial charge in [-0.05, 0) is 59.9 Å². The molecule has 0 aliphatic rings. The summed E-state index contributed by atoms with van der Waals surface area (Å²) in [5.74, 6) is 0.0751. The number of hydrogen-bond acceptors (Lipinski definition) is 4. The van der Waals surface area contributed by atoms with E-state index in [4.69, 9.17) is 28.9 Å². The standard InChI is InChI=1S/C23H26Cl2N4OS/c1-14(2)22-20(12-28-21(30)11-26)15(3)29(13-16-4-6-27-7-5-16)23(22)31-19-9-17(24)8-18(25)10-19/h4-10,14H,11-13,26H2,1-3H3,(H,28,30). The normalized spacial score (nSPS) is 11.2. The third kappa shape index (κ3) is 5.83. The van der Waals surface area contributed by atoms with Gasteiger partial charge in [0.1, 0.15) is 0 Å². The van der Waals surface area contributed by atoms with Crippen LogP contribution in [0.1, 0.15) is 42.1 Å². The molecule has 0 bridgehead atoms. The topological polar surface area (TPSA) is 72.9 Å². The first-order valence-corrected chi connectivity index (χ1v) is 11.6. The molecule has 3 N–H and O–H groups in total. The molecule has 164 valence electrons. The third-order valence-corrected chi connectivity index (χ3v) is 6.55. The maximum atomic E-state index is 11.8. The van der Waals surface area contributed by atoms with Crippen molar-refractivity contribution in [2.24, 2.45) is 5.73 Å². The summed E-state index contributed by atoms with van der Waals surface area (Å²) in [5, 5.41) is 5.24. The zero-order valence-electron chi connectivity index (χ0n) is 17.8. The molecule has 0 saturated carbocycles. The molecule has 0 fully saturated rings. The molecule has 1 amide bonds. The van der Waals surface area contributed by atoms with E-state index in [9.17, 15) is 4.79 Å². The summed E-state index contributed by atoms with van der Waals surface area (Å²) < 4.78 is 2.29. The minimum atomic E-state index is -0.174. The lowest BCUT2D eigenvalue weighted by Gasteiger charge is -2.15. The lowest BCUT2D eigenvalue weighted by molar-refractivity contribution is -0.119. The molecule has 2 heterocycles. The van der Waals surface area contributed by atoms with Crippen molar-refractivity contribution in [1.82, 2.24) is 14.9 Å². The molecule has 3 aromatic rings. The Balaban J connectivity index is 2.12. The van der Waals surface area contributed by atoms with E-state index in [0.29, 0.717) is 23.1 Å². The molecule has 31 heavy (non-hydrogen) atoms. The number of nitrogens with one attached hydrogen (secondary N) is 1.